The molecule has 0 rings (SSSR count). The standard InChI is InChI=1S/3CH2O3.8H3N.3O.Zr/c3*2-1(3)4;;;;;;;;;;;;/h3*(H2,2,3,4);8*1H3;;;;/q;;;;;;;;;;;;2*-1;/p+2. The summed E-state index contributed by atoms with van der Waals surface area (Å²) in [5, 5.41) is 50.0. The summed E-state index contributed by atoms with van der Waals surface area (Å²) in [5.74, 6) is 0. The summed E-state index contributed by atoms with van der Waals surface area (Å²) >= 11 is -4.29. The van der Waals surface area contributed by atoms with Crippen molar-refractivity contribution in [3.05, 3.63) is 0 Å². The first kappa shape index (κ1) is 96.5. The van der Waals surface area contributed by atoms with Gasteiger partial charge in [-0.1, -0.05) is 0 Å². The second-order valence-corrected chi connectivity index (χ2v) is 2.23. The number of carboxylic acid groups (broad SMARTS) is 6. The van der Waals surface area contributed by atoms with E-state index in [0.717, 1.165) is 0 Å². The Morgan fingerprint density at radius 1 is 0.458 bits per heavy atom. The van der Waals surface area contributed by atoms with Crippen LogP contribution in [0.1, 0.15) is 0 Å². The van der Waals surface area contributed by atoms with E-state index in [4.69, 9.17) is 54.2 Å². The summed E-state index contributed by atoms with van der Waals surface area (Å²) < 4.78 is 25.8. The van der Waals surface area contributed by atoms with Crippen LogP contribution in [0.15, 0.2) is 0 Å². The third-order valence-corrected chi connectivity index (χ3v) is 0. The average molecular weight is 464 g/mol. The van der Waals surface area contributed by atoms with E-state index in [2.05, 4.69) is 0 Å². The molecule has 0 spiro atoms. The zero-order valence-corrected chi connectivity index (χ0v) is 17.4. The van der Waals surface area contributed by atoms with Gasteiger partial charge in [0, 0.05) is 0 Å². The molecule has 0 aromatic heterocycles. The van der Waals surface area contributed by atoms with Gasteiger partial charge in [0.2, 0.25) is 0 Å². The fourth-order valence-electron chi connectivity index (χ4n) is 0. The van der Waals surface area contributed by atoms with Gasteiger partial charge in [-0.25, -0.2) is 0 Å². The van der Waals surface area contributed by atoms with Crippen molar-refractivity contribution >= 4 is 18.5 Å². The fraction of sp³-hybridized carbons (Fsp3) is 0. The molecule has 0 aliphatic heterocycles. The van der Waals surface area contributed by atoms with E-state index in [9.17, 15) is 0 Å². The third-order valence-electron chi connectivity index (χ3n) is 0. The number of carbonyl (C=O) groups excluding carboxylic acids is 3. The maximum atomic E-state index is 8.61. The molecule has 0 saturated heterocycles. The van der Waals surface area contributed by atoms with Crippen LogP contribution in [-0.4, -0.2) is 18.5 Å². The van der Waals surface area contributed by atoms with Gasteiger partial charge < -0.3 is 94.2 Å². The Morgan fingerprint density at radius 3 is 0.458 bits per heavy atom. The monoisotopic (exact) mass is 462 g/mol. The molecule has 0 amide bonds. The summed E-state index contributed by atoms with van der Waals surface area (Å²) in [6.45, 7) is 0. The van der Waals surface area contributed by atoms with Crippen LogP contribution < -0.4 is 86.2 Å². The van der Waals surface area contributed by atoms with Crippen LogP contribution in [0.2, 0.25) is 0 Å². The van der Waals surface area contributed by atoms with Gasteiger partial charge in [-0.05, 0) is 18.5 Å². The first-order valence-corrected chi connectivity index (χ1v) is 5.46. The molecule has 0 aliphatic carbocycles. The first-order valence-electron chi connectivity index (χ1n) is 2.45. The molecule has 21 heteroatoms. The molecule has 32 N–H and O–H groups in total. The van der Waals surface area contributed by atoms with Gasteiger partial charge in [0.05, 0.1) is 0 Å². The molecule has 24 heavy (non-hydrogen) atoms. The molecule has 0 atom stereocenters. The van der Waals surface area contributed by atoms with E-state index in [0.29, 0.717) is 0 Å². The van der Waals surface area contributed by atoms with Crippen LogP contribution >= 0.6 is 0 Å². The predicted octanol–water partition coefficient (Wildman–Crippen LogP) is -6.83. The average Bonchev–Trinajstić information content (AvgIpc) is 1.76. The summed E-state index contributed by atoms with van der Waals surface area (Å²) in [6, 6.07) is 0. The van der Waals surface area contributed by atoms with Crippen molar-refractivity contribution in [2.75, 3.05) is 0 Å². The molecular formula is C3H32N8O12Zr. The first-order chi connectivity index (χ1) is 6.93. The SMILES string of the molecule is O=C([O-])[O-].O=C([O-])[O-].O=C([O-])[O-].[NH4+].[NH4+].[NH4+].[NH4+].[NH4+].[NH4+].[NH4+].[NH4+].[O]=[Zr]([O-])[O-]. The molecule has 160 valence electrons. The van der Waals surface area contributed by atoms with E-state index in [1.807, 2.05) is 0 Å². The number of quaternary nitrogens is 8. The van der Waals surface area contributed by atoms with E-state index in [-0.39, 0.29) is 49.2 Å². The molecule has 0 aromatic rings. The summed E-state index contributed by atoms with van der Waals surface area (Å²) in [7, 11) is 0. The number of hydrogen-bond acceptors (Lipinski definition) is 12. The molecule has 0 fully saturated rings. The number of rotatable bonds is 0. The summed E-state index contributed by atoms with van der Waals surface area (Å²) in [5.41, 5.74) is 0. The van der Waals surface area contributed by atoms with Gasteiger partial charge in [-0.3, -0.25) is 0 Å². The van der Waals surface area contributed by atoms with Crippen molar-refractivity contribution in [1.82, 2.24) is 49.2 Å². The zero-order chi connectivity index (χ0) is 14.3. The molecule has 0 aliphatic rings. The molecule has 0 saturated carbocycles. The summed E-state index contributed by atoms with van der Waals surface area (Å²) in [4.78, 5) is 25.0. The van der Waals surface area contributed by atoms with Crippen LogP contribution in [0.5, 0.6) is 0 Å². The van der Waals surface area contributed by atoms with Gasteiger partial charge in [0.1, 0.15) is 0 Å². The van der Waals surface area contributed by atoms with Gasteiger partial charge in [-0.2, -0.15) is 0 Å². The number of carbonyl (C=O) groups is 3. The Bertz CT molecular complexity index is 178. The van der Waals surface area contributed by atoms with E-state index < -0.39 is 41.1 Å². The zero-order valence-electron chi connectivity index (χ0n) is 14.9. The summed E-state index contributed by atoms with van der Waals surface area (Å²) in [6.07, 6.45) is -7.00. The quantitative estimate of drug-likeness (QED) is 0.166. The predicted molar refractivity (Wildman–Crippen MR) is 64.8 cm³/mol. The Hall–Kier alpha value is -1.91. The molecule has 0 unspecified atom stereocenters. The molecule has 20 nitrogen and oxygen atoms in total. The van der Waals surface area contributed by atoms with Crippen molar-refractivity contribution in [3.63, 3.8) is 0 Å². The van der Waals surface area contributed by atoms with Crippen LogP contribution in [0, 0.1) is 0 Å². The second-order valence-electron chi connectivity index (χ2n) is 1.00. The third kappa shape index (κ3) is 2010. The van der Waals surface area contributed by atoms with E-state index >= 15 is 0 Å². The molecular weight excluding hydrogens is 431 g/mol. The van der Waals surface area contributed by atoms with Crippen molar-refractivity contribution < 1.29 is 76.8 Å². The molecule has 0 heterocycles. The van der Waals surface area contributed by atoms with Crippen molar-refractivity contribution in [2.45, 2.75) is 0 Å². The normalized spacial score (nSPS) is 4.08. The second kappa shape index (κ2) is 83.6. The van der Waals surface area contributed by atoms with Crippen LogP contribution in [0.3, 0.4) is 0 Å². The Labute approximate surface area is 145 Å². The Morgan fingerprint density at radius 2 is 0.458 bits per heavy atom. The maximum absolute atomic E-state index is 8.61. The Balaban J connectivity index is -0.00000000720. The van der Waals surface area contributed by atoms with Crippen LogP contribution in [-0.2, 0) is 25.4 Å². The Kier molecular flexibility index (Phi) is 336. The minimum atomic E-state index is -4.29. The van der Waals surface area contributed by atoms with Gasteiger partial charge in [0.15, 0.2) is 0 Å². The van der Waals surface area contributed by atoms with Crippen molar-refractivity contribution in [2.24, 2.45) is 0 Å². The molecule has 0 radical (unpaired) electrons. The fourth-order valence-corrected chi connectivity index (χ4v) is 0. The van der Waals surface area contributed by atoms with E-state index in [1.54, 1.807) is 0 Å². The van der Waals surface area contributed by atoms with Gasteiger partial charge >= 0.3 is 31.8 Å². The minimum absolute atomic E-state index is 0. The molecule has 0 aromatic carbocycles. The van der Waals surface area contributed by atoms with Crippen LogP contribution in [0.25, 0.3) is 0 Å². The number of hydrogen-bond donors (Lipinski definition) is 8. The van der Waals surface area contributed by atoms with Crippen LogP contribution in [0.4, 0.5) is 14.4 Å². The van der Waals surface area contributed by atoms with Gasteiger partial charge in [-0.15, -0.1) is 0 Å². The van der Waals surface area contributed by atoms with Crippen molar-refractivity contribution in [3.8, 4) is 0 Å². The van der Waals surface area contributed by atoms with Crippen molar-refractivity contribution in [1.29, 1.82) is 0 Å². The van der Waals surface area contributed by atoms with Gasteiger partial charge in [0.25, 0.3) is 0 Å². The molecule has 0 bridgehead atoms. The topological polar surface area (TPSA) is 545 Å². The van der Waals surface area contributed by atoms with E-state index in [1.165, 1.54) is 0 Å².